The van der Waals surface area contributed by atoms with Crippen LogP contribution in [0.4, 0.5) is 11.4 Å². The third-order valence-corrected chi connectivity index (χ3v) is 3.46. The van der Waals surface area contributed by atoms with E-state index in [1.165, 1.54) is 6.20 Å². The van der Waals surface area contributed by atoms with E-state index in [9.17, 15) is 4.79 Å². The van der Waals surface area contributed by atoms with Gasteiger partial charge in [-0.25, -0.2) is 0 Å². The number of amides is 1. The lowest BCUT2D eigenvalue weighted by molar-refractivity contribution is 0.102. The summed E-state index contributed by atoms with van der Waals surface area (Å²) in [5.74, 6) is 5.22. The second kappa shape index (κ2) is 6.85. The van der Waals surface area contributed by atoms with Gasteiger partial charge in [0.15, 0.2) is 0 Å². The molecule has 1 amide bonds. The molecule has 0 saturated carbocycles. The molecule has 0 aliphatic rings. The molecule has 0 saturated heterocycles. The van der Waals surface area contributed by atoms with Crippen molar-refractivity contribution in [2.75, 3.05) is 10.7 Å². The number of rotatable bonds is 5. The van der Waals surface area contributed by atoms with Crippen LogP contribution in [0.5, 0.6) is 0 Å². The highest BCUT2D eigenvalue weighted by Crippen LogP contribution is 2.24. The Morgan fingerprint density at radius 2 is 1.86 bits per heavy atom. The molecule has 1 aromatic heterocycles. The number of pyridine rings is 1. The van der Waals surface area contributed by atoms with Gasteiger partial charge in [-0.2, -0.15) is 0 Å². The van der Waals surface area contributed by atoms with Crippen LogP contribution in [0.15, 0.2) is 36.7 Å². The van der Waals surface area contributed by atoms with Gasteiger partial charge in [0.1, 0.15) is 0 Å². The average Bonchev–Trinajstić information content (AvgIpc) is 2.54. The van der Waals surface area contributed by atoms with Gasteiger partial charge in [0.25, 0.3) is 5.91 Å². The molecule has 0 atom stereocenters. The Morgan fingerprint density at radius 3 is 2.43 bits per heavy atom. The molecule has 0 unspecified atom stereocenters. The maximum atomic E-state index is 12.5. The summed E-state index contributed by atoms with van der Waals surface area (Å²) < 4.78 is 0. The van der Waals surface area contributed by atoms with Gasteiger partial charge in [0.05, 0.1) is 11.3 Å². The van der Waals surface area contributed by atoms with Crippen LogP contribution in [0.25, 0.3) is 0 Å². The van der Waals surface area contributed by atoms with Gasteiger partial charge in [-0.1, -0.05) is 32.0 Å². The molecule has 0 aliphatic carbocycles. The monoisotopic (exact) mass is 284 g/mol. The number of benzene rings is 1. The van der Waals surface area contributed by atoms with E-state index in [0.29, 0.717) is 11.3 Å². The zero-order valence-corrected chi connectivity index (χ0v) is 12.3. The van der Waals surface area contributed by atoms with E-state index in [1.807, 2.05) is 18.2 Å². The van der Waals surface area contributed by atoms with Crippen molar-refractivity contribution < 1.29 is 4.79 Å². The number of hydrazine groups is 1. The standard InChI is InChI=1S/C16H20N4O/c1-3-11-6-5-7-12(4-2)15(11)19-16(21)13-10-18-9-8-14(13)20-17/h5-10H,3-4,17H2,1-2H3,(H,18,20)(H,19,21). The van der Waals surface area contributed by atoms with Crippen molar-refractivity contribution in [2.24, 2.45) is 5.84 Å². The van der Waals surface area contributed by atoms with Gasteiger partial charge in [0, 0.05) is 18.1 Å². The van der Waals surface area contributed by atoms with E-state index >= 15 is 0 Å². The lowest BCUT2D eigenvalue weighted by atomic mass is 10.0. The minimum atomic E-state index is -0.216. The smallest absolute Gasteiger partial charge is 0.259 e. The number of carbonyl (C=O) groups is 1. The van der Waals surface area contributed by atoms with Gasteiger partial charge >= 0.3 is 0 Å². The zero-order chi connectivity index (χ0) is 15.2. The molecular formula is C16H20N4O. The largest absolute Gasteiger partial charge is 0.323 e. The van der Waals surface area contributed by atoms with Crippen molar-refractivity contribution >= 4 is 17.3 Å². The van der Waals surface area contributed by atoms with Gasteiger partial charge < -0.3 is 10.7 Å². The molecular weight excluding hydrogens is 264 g/mol. The highest BCUT2D eigenvalue weighted by atomic mass is 16.1. The second-order valence-electron chi connectivity index (χ2n) is 4.68. The number of nitrogen functional groups attached to an aromatic ring is 1. The fourth-order valence-electron chi connectivity index (χ4n) is 2.29. The summed E-state index contributed by atoms with van der Waals surface area (Å²) in [7, 11) is 0. The summed E-state index contributed by atoms with van der Waals surface area (Å²) >= 11 is 0. The Bertz CT molecular complexity index is 618. The molecule has 0 spiro atoms. The molecule has 1 aromatic carbocycles. The first-order valence-electron chi connectivity index (χ1n) is 7.04. The molecule has 4 N–H and O–H groups in total. The van der Waals surface area contributed by atoms with Crippen LogP contribution in [0, 0.1) is 0 Å². The topological polar surface area (TPSA) is 80.0 Å². The van der Waals surface area contributed by atoms with Crippen LogP contribution < -0.4 is 16.6 Å². The molecule has 5 heteroatoms. The third kappa shape index (κ3) is 3.20. The Hall–Kier alpha value is -2.40. The van der Waals surface area contributed by atoms with Gasteiger partial charge in [-0.15, -0.1) is 0 Å². The molecule has 0 radical (unpaired) electrons. The summed E-state index contributed by atoms with van der Waals surface area (Å²) in [6.07, 6.45) is 4.81. The lowest BCUT2D eigenvalue weighted by Crippen LogP contribution is -2.19. The van der Waals surface area contributed by atoms with Crippen molar-refractivity contribution in [3.8, 4) is 0 Å². The Balaban J connectivity index is 2.36. The van der Waals surface area contributed by atoms with Crippen LogP contribution in [0.1, 0.15) is 35.3 Å². The van der Waals surface area contributed by atoms with Crippen molar-refractivity contribution in [3.63, 3.8) is 0 Å². The third-order valence-electron chi connectivity index (χ3n) is 3.46. The number of carbonyl (C=O) groups excluding carboxylic acids is 1. The van der Waals surface area contributed by atoms with Crippen LogP contribution in [0.3, 0.4) is 0 Å². The molecule has 21 heavy (non-hydrogen) atoms. The van der Waals surface area contributed by atoms with E-state index in [1.54, 1.807) is 12.3 Å². The van der Waals surface area contributed by atoms with Crippen molar-refractivity contribution in [1.82, 2.24) is 4.98 Å². The van der Waals surface area contributed by atoms with Crippen LogP contribution in [-0.2, 0) is 12.8 Å². The highest BCUT2D eigenvalue weighted by Gasteiger charge is 2.14. The molecule has 2 aromatic rings. The molecule has 0 bridgehead atoms. The maximum Gasteiger partial charge on any atom is 0.259 e. The van der Waals surface area contributed by atoms with E-state index in [2.05, 4.69) is 29.6 Å². The number of para-hydroxylation sites is 1. The van der Waals surface area contributed by atoms with E-state index in [0.717, 1.165) is 29.7 Å². The number of hydrogen-bond donors (Lipinski definition) is 3. The average molecular weight is 284 g/mol. The number of aromatic nitrogens is 1. The normalized spacial score (nSPS) is 10.2. The Kier molecular flexibility index (Phi) is 4.90. The summed E-state index contributed by atoms with van der Waals surface area (Å²) in [4.78, 5) is 16.5. The summed E-state index contributed by atoms with van der Waals surface area (Å²) in [5.41, 5.74) is 6.62. The second-order valence-corrected chi connectivity index (χ2v) is 4.68. The molecule has 2 rings (SSSR count). The first-order chi connectivity index (χ1) is 10.2. The first kappa shape index (κ1) is 15.0. The van der Waals surface area contributed by atoms with E-state index < -0.39 is 0 Å². The van der Waals surface area contributed by atoms with Crippen LogP contribution in [-0.4, -0.2) is 10.9 Å². The van der Waals surface area contributed by atoms with Gasteiger partial charge in [-0.05, 0) is 30.0 Å². The molecule has 5 nitrogen and oxygen atoms in total. The Morgan fingerprint density at radius 1 is 1.19 bits per heavy atom. The van der Waals surface area contributed by atoms with Crippen LogP contribution in [0.2, 0.25) is 0 Å². The minimum Gasteiger partial charge on any atom is -0.323 e. The highest BCUT2D eigenvalue weighted by molar-refractivity contribution is 6.08. The van der Waals surface area contributed by atoms with E-state index in [-0.39, 0.29) is 5.91 Å². The number of nitrogens with two attached hydrogens (primary N) is 1. The first-order valence-corrected chi connectivity index (χ1v) is 7.04. The lowest BCUT2D eigenvalue weighted by Gasteiger charge is -2.15. The number of nitrogens with zero attached hydrogens (tertiary/aromatic N) is 1. The maximum absolute atomic E-state index is 12.5. The number of aryl methyl sites for hydroxylation is 2. The Labute approximate surface area is 124 Å². The molecule has 110 valence electrons. The van der Waals surface area contributed by atoms with Gasteiger partial charge in [-0.3, -0.25) is 15.6 Å². The van der Waals surface area contributed by atoms with E-state index in [4.69, 9.17) is 5.84 Å². The molecule has 0 aliphatic heterocycles. The molecule has 0 fully saturated rings. The summed E-state index contributed by atoms with van der Waals surface area (Å²) in [6, 6.07) is 7.74. The predicted octanol–water partition coefficient (Wildman–Crippen LogP) is 2.74. The van der Waals surface area contributed by atoms with Crippen LogP contribution >= 0.6 is 0 Å². The number of hydrogen-bond acceptors (Lipinski definition) is 4. The van der Waals surface area contributed by atoms with Crippen molar-refractivity contribution in [2.45, 2.75) is 26.7 Å². The molecule has 1 heterocycles. The van der Waals surface area contributed by atoms with Crippen molar-refractivity contribution in [1.29, 1.82) is 0 Å². The zero-order valence-electron chi connectivity index (χ0n) is 12.3. The SMILES string of the molecule is CCc1cccc(CC)c1NC(=O)c1cnccc1NN. The van der Waals surface area contributed by atoms with Gasteiger partial charge in [0.2, 0.25) is 0 Å². The number of anilines is 2. The summed E-state index contributed by atoms with van der Waals surface area (Å²) in [5, 5.41) is 3.00. The fraction of sp³-hybridized carbons (Fsp3) is 0.250. The van der Waals surface area contributed by atoms with Crippen molar-refractivity contribution in [3.05, 3.63) is 53.3 Å². The predicted molar refractivity (Wildman–Crippen MR) is 85.2 cm³/mol. The minimum absolute atomic E-state index is 0.216. The fourth-order valence-corrected chi connectivity index (χ4v) is 2.29. The quantitative estimate of drug-likeness (QED) is 0.582. The number of nitrogens with one attached hydrogen (secondary N) is 2. The summed E-state index contributed by atoms with van der Waals surface area (Å²) in [6.45, 7) is 4.14.